The number of allylic oxidation sites excluding steroid dienone is 2. The highest BCUT2D eigenvalue weighted by atomic mass is 16.5. The third-order valence-electron chi connectivity index (χ3n) is 13.5. The Balaban J connectivity index is 1.54. The summed E-state index contributed by atoms with van der Waals surface area (Å²) in [7, 11) is 1.94. The molecule has 4 fully saturated rings. The summed E-state index contributed by atoms with van der Waals surface area (Å²) in [6.45, 7) is 20.9. The van der Waals surface area contributed by atoms with Crippen LogP contribution in [0.3, 0.4) is 0 Å². The van der Waals surface area contributed by atoms with Gasteiger partial charge in [0.15, 0.2) is 0 Å². The van der Waals surface area contributed by atoms with Gasteiger partial charge in [-0.2, -0.15) is 0 Å². The fraction of sp³-hybridized carbons (Fsp3) is 0.935. The van der Waals surface area contributed by atoms with E-state index in [1.165, 1.54) is 57.8 Å². The van der Waals surface area contributed by atoms with Crippen molar-refractivity contribution in [3.63, 3.8) is 0 Å². The van der Waals surface area contributed by atoms with E-state index in [9.17, 15) is 0 Å². The SMILES string of the molecule is CO[C@H]1CC[C@@]2(C)C3=CC[C@@]4(C)[C@H]5CC[C@H](C(C)C)[C@@]5(C)CC[C@@]4(C)[C@H]3CC[C@H]2C1(C)C. The summed E-state index contributed by atoms with van der Waals surface area (Å²) in [6, 6.07) is 0. The van der Waals surface area contributed by atoms with Gasteiger partial charge < -0.3 is 4.74 Å². The standard InChI is InChI=1S/C31H52O/c1-20(2)21-10-13-25-29(21,6)18-19-30(7)23-11-12-24-27(3,4)26(32-9)15-16-28(24,5)22(23)14-17-31(25,30)8/h14,20-21,23-26H,10-13,15-19H2,1-9H3/t21-,23+,24+,25+,26+,28+,29-,30+,31+/m1/s1. The average Bonchev–Trinajstić information content (AvgIpc) is 3.08. The van der Waals surface area contributed by atoms with Crippen LogP contribution in [0, 0.1) is 56.7 Å². The van der Waals surface area contributed by atoms with E-state index in [0.29, 0.717) is 27.8 Å². The van der Waals surface area contributed by atoms with Crippen molar-refractivity contribution in [3.05, 3.63) is 11.6 Å². The summed E-state index contributed by atoms with van der Waals surface area (Å²) >= 11 is 0. The predicted octanol–water partition coefficient (Wildman–Crippen LogP) is 8.68. The highest BCUT2D eigenvalue weighted by Crippen LogP contribution is 2.76. The van der Waals surface area contributed by atoms with Crippen molar-refractivity contribution in [1.82, 2.24) is 0 Å². The maximum absolute atomic E-state index is 6.03. The van der Waals surface area contributed by atoms with Crippen molar-refractivity contribution >= 4 is 0 Å². The van der Waals surface area contributed by atoms with Crippen LogP contribution in [0.4, 0.5) is 0 Å². The van der Waals surface area contributed by atoms with Crippen LogP contribution >= 0.6 is 0 Å². The second-order valence-electron chi connectivity index (χ2n) is 14.9. The first-order valence-corrected chi connectivity index (χ1v) is 14.1. The lowest BCUT2D eigenvalue weighted by Crippen LogP contribution is -2.62. The first-order valence-electron chi connectivity index (χ1n) is 14.1. The lowest BCUT2D eigenvalue weighted by Gasteiger charge is -2.69. The van der Waals surface area contributed by atoms with Gasteiger partial charge in [-0.25, -0.2) is 0 Å². The van der Waals surface area contributed by atoms with Gasteiger partial charge >= 0.3 is 0 Å². The van der Waals surface area contributed by atoms with Crippen molar-refractivity contribution in [1.29, 1.82) is 0 Å². The average molecular weight is 441 g/mol. The monoisotopic (exact) mass is 440 g/mol. The fourth-order valence-electron chi connectivity index (χ4n) is 11.7. The van der Waals surface area contributed by atoms with Crippen LogP contribution in [0.1, 0.15) is 113 Å². The maximum Gasteiger partial charge on any atom is 0.0625 e. The zero-order chi connectivity index (χ0) is 23.3. The summed E-state index contributed by atoms with van der Waals surface area (Å²) in [5, 5.41) is 0. The van der Waals surface area contributed by atoms with Crippen LogP contribution in [-0.4, -0.2) is 13.2 Å². The molecule has 4 saturated carbocycles. The highest BCUT2D eigenvalue weighted by molar-refractivity contribution is 5.33. The number of fused-ring (bicyclic) bond motifs is 7. The number of hydrogen-bond donors (Lipinski definition) is 0. The predicted molar refractivity (Wildman–Crippen MR) is 135 cm³/mol. The first-order chi connectivity index (χ1) is 14.9. The van der Waals surface area contributed by atoms with Gasteiger partial charge in [-0.3, -0.25) is 0 Å². The second kappa shape index (κ2) is 7.11. The zero-order valence-electron chi connectivity index (χ0n) is 22.8. The first kappa shape index (κ1) is 23.4. The minimum Gasteiger partial charge on any atom is -0.381 e. The van der Waals surface area contributed by atoms with Gasteiger partial charge in [0.1, 0.15) is 0 Å². The molecule has 0 amide bonds. The molecule has 1 heteroatoms. The third kappa shape index (κ3) is 2.67. The molecule has 0 aromatic rings. The van der Waals surface area contributed by atoms with Gasteiger partial charge in [-0.05, 0) is 114 Å². The quantitative estimate of drug-likeness (QED) is 0.390. The smallest absolute Gasteiger partial charge is 0.0625 e. The van der Waals surface area contributed by atoms with Crippen LogP contribution in [0.5, 0.6) is 0 Å². The number of hydrogen-bond acceptors (Lipinski definition) is 1. The van der Waals surface area contributed by atoms with Crippen LogP contribution < -0.4 is 0 Å². The molecule has 0 radical (unpaired) electrons. The lowest BCUT2D eigenvalue weighted by atomic mass is 9.35. The third-order valence-corrected chi connectivity index (χ3v) is 13.5. The molecule has 9 atom stereocenters. The summed E-state index contributed by atoms with van der Waals surface area (Å²) in [5.74, 6) is 4.23. The van der Waals surface area contributed by atoms with E-state index in [0.717, 1.165) is 29.6 Å². The Morgan fingerprint density at radius 2 is 1.50 bits per heavy atom. The maximum atomic E-state index is 6.03. The van der Waals surface area contributed by atoms with Gasteiger partial charge in [-0.1, -0.05) is 67.0 Å². The van der Waals surface area contributed by atoms with Crippen molar-refractivity contribution in [3.8, 4) is 0 Å². The van der Waals surface area contributed by atoms with E-state index in [-0.39, 0.29) is 5.41 Å². The molecule has 5 aliphatic carbocycles. The number of methoxy groups -OCH3 is 1. The van der Waals surface area contributed by atoms with Crippen LogP contribution in [0.25, 0.3) is 0 Å². The molecule has 0 unspecified atom stereocenters. The summed E-state index contributed by atoms with van der Waals surface area (Å²) in [4.78, 5) is 0. The van der Waals surface area contributed by atoms with Crippen molar-refractivity contribution in [2.24, 2.45) is 56.7 Å². The fourth-order valence-corrected chi connectivity index (χ4v) is 11.7. The minimum absolute atomic E-state index is 0.274. The van der Waals surface area contributed by atoms with Crippen LogP contribution in [0.15, 0.2) is 11.6 Å². The van der Waals surface area contributed by atoms with Gasteiger partial charge in [0, 0.05) is 7.11 Å². The Hall–Kier alpha value is -0.300. The Morgan fingerprint density at radius 1 is 0.812 bits per heavy atom. The number of rotatable bonds is 2. The van der Waals surface area contributed by atoms with E-state index in [1.54, 1.807) is 0 Å². The minimum atomic E-state index is 0.274. The highest BCUT2D eigenvalue weighted by Gasteiger charge is 2.68. The molecule has 5 aliphatic rings. The zero-order valence-corrected chi connectivity index (χ0v) is 22.8. The van der Waals surface area contributed by atoms with E-state index in [2.05, 4.69) is 61.5 Å². The molecule has 1 nitrogen and oxygen atoms in total. The van der Waals surface area contributed by atoms with Gasteiger partial charge in [0.2, 0.25) is 0 Å². The van der Waals surface area contributed by atoms with Crippen LogP contribution in [0.2, 0.25) is 0 Å². The van der Waals surface area contributed by atoms with Crippen molar-refractivity contribution < 1.29 is 4.74 Å². The van der Waals surface area contributed by atoms with Gasteiger partial charge in [-0.15, -0.1) is 0 Å². The summed E-state index contributed by atoms with van der Waals surface area (Å²) in [6.07, 6.45) is 15.8. The second-order valence-corrected chi connectivity index (χ2v) is 14.9. The summed E-state index contributed by atoms with van der Waals surface area (Å²) in [5.41, 5.74) is 4.05. The molecular weight excluding hydrogens is 388 g/mol. The lowest BCUT2D eigenvalue weighted by molar-refractivity contribution is -0.168. The number of ether oxygens (including phenoxy) is 1. The Morgan fingerprint density at radius 3 is 2.16 bits per heavy atom. The molecule has 32 heavy (non-hydrogen) atoms. The molecule has 0 heterocycles. The van der Waals surface area contributed by atoms with Crippen molar-refractivity contribution in [2.75, 3.05) is 7.11 Å². The molecule has 0 aromatic heterocycles. The largest absolute Gasteiger partial charge is 0.381 e. The molecule has 0 aliphatic heterocycles. The Labute approximate surface area is 199 Å². The molecule has 0 aromatic carbocycles. The topological polar surface area (TPSA) is 9.23 Å². The van der Waals surface area contributed by atoms with Gasteiger partial charge in [0.25, 0.3) is 0 Å². The molecular formula is C31H52O. The van der Waals surface area contributed by atoms with Gasteiger partial charge in [0.05, 0.1) is 6.10 Å². The molecule has 0 spiro atoms. The Bertz CT molecular complexity index is 792. The van der Waals surface area contributed by atoms with E-state index in [1.807, 2.05) is 12.7 Å². The van der Waals surface area contributed by atoms with E-state index >= 15 is 0 Å². The molecule has 0 N–H and O–H groups in total. The van der Waals surface area contributed by atoms with E-state index < -0.39 is 0 Å². The summed E-state index contributed by atoms with van der Waals surface area (Å²) < 4.78 is 6.03. The molecule has 0 saturated heterocycles. The van der Waals surface area contributed by atoms with E-state index in [4.69, 9.17) is 4.74 Å². The molecule has 182 valence electrons. The molecule has 5 rings (SSSR count). The normalized spacial score (nSPS) is 54.3. The Kier molecular flexibility index (Phi) is 5.21. The van der Waals surface area contributed by atoms with Crippen LogP contribution in [-0.2, 0) is 4.74 Å². The van der Waals surface area contributed by atoms with Crippen molar-refractivity contribution in [2.45, 2.75) is 119 Å². The molecule has 0 bridgehead atoms.